The Morgan fingerprint density at radius 2 is 2.05 bits per heavy atom. The molecule has 0 aliphatic heterocycles. The van der Waals surface area contributed by atoms with Crippen molar-refractivity contribution in [2.24, 2.45) is 0 Å². The highest BCUT2D eigenvalue weighted by atomic mass is 32.2. The third kappa shape index (κ3) is 3.18. The van der Waals surface area contributed by atoms with Gasteiger partial charge in [-0.15, -0.1) is 0 Å². The third-order valence-corrected chi connectivity index (χ3v) is 4.15. The van der Waals surface area contributed by atoms with Gasteiger partial charge in [-0.1, -0.05) is 17.4 Å². The van der Waals surface area contributed by atoms with Crippen molar-refractivity contribution < 1.29 is 17.8 Å². The van der Waals surface area contributed by atoms with Crippen molar-refractivity contribution in [2.45, 2.75) is 18.9 Å². The van der Waals surface area contributed by atoms with E-state index in [-0.39, 0.29) is 5.91 Å². The van der Waals surface area contributed by atoms with Gasteiger partial charge in [0.25, 0.3) is 0 Å². The third-order valence-electron chi connectivity index (χ3n) is 2.30. The predicted molar refractivity (Wildman–Crippen MR) is 74.2 cm³/mol. The summed E-state index contributed by atoms with van der Waals surface area (Å²) >= 11 is 1.18. The lowest BCUT2D eigenvalue weighted by Crippen LogP contribution is -2.04. The fourth-order valence-electron chi connectivity index (χ4n) is 1.52. The molecule has 2 rings (SSSR count). The Bertz CT molecular complexity index is 768. The minimum absolute atomic E-state index is 0.245. The van der Waals surface area contributed by atoms with E-state index in [1.165, 1.54) is 30.4 Å². The molecule has 0 unspecified atom stereocenters. The van der Waals surface area contributed by atoms with E-state index in [4.69, 9.17) is 4.55 Å². The summed E-state index contributed by atoms with van der Waals surface area (Å²) in [6.07, 6.45) is 0. The Hall–Kier alpha value is -1.84. The first-order chi connectivity index (χ1) is 9.27. The van der Waals surface area contributed by atoms with E-state index in [0.717, 1.165) is 0 Å². The highest BCUT2D eigenvalue weighted by Crippen LogP contribution is 2.31. The number of nitrogens with zero attached hydrogens (tertiary/aromatic N) is 2. The number of amides is 1. The Labute approximate surface area is 119 Å². The minimum atomic E-state index is -4.35. The summed E-state index contributed by atoms with van der Waals surface area (Å²) in [4.78, 5) is 19.6. The summed E-state index contributed by atoms with van der Waals surface area (Å²) in [7, 11) is -4.35. The van der Waals surface area contributed by atoms with Crippen molar-refractivity contribution in [3.63, 3.8) is 0 Å². The Balaban J connectivity index is 2.47. The SMILES string of the molecule is CC(=O)Nc1nc(C)c(-c2cccc(S(=O)(=O)O)n2)s1. The summed E-state index contributed by atoms with van der Waals surface area (Å²) in [6.45, 7) is 3.09. The molecule has 0 saturated heterocycles. The number of carbonyl (C=O) groups excluding carboxylic acids is 1. The molecular formula is C11H11N3O4S2. The van der Waals surface area contributed by atoms with Crippen molar-refractivity contribution in [1.29, 1.82) is 0 Å². The van der Waals surface area contributed by atoms with Crippen LogP contribution < -0.4 is 5.32 Å². The smallest absolute Gasteiger partial charge is 0.302 e. The van der Waals surface area contributed by atoms with E-state index in [2.05, 4.69) is 15.3 Å². The Morgan fingerprint density at radius 3 is 2.65 bits per heavy atom. The van der Waals surface area contributed by atoms with Crippen LogP contribution in [0.3, 0.4) is 0 Å². The lowest BCUT2D eigenvalue weighted by molar-refractivity contribution is -0.114. The number of hydrogen-bond acceptors (Lipinski definition) is 6. The molecule has 0 atom stereocenters. The lowest BCUT2D eigenvalue weighted by atomic mass is 10.3. The second kappa shape index (κ2) is 5.27. The molecule has 0 aliphatic rings. The zero-order valence-electron chi connectivity index (χ0n) is 10.6. The molecule has 0 radical (unpaired) electrons. The van der Waals surface area contributed by atoms with Gasteiger partial charge >= 0.3 is 10.1 Å². The summed E-state index contributed by atoms with van der Waals surface area (Å²) < 4.78 is 31.1. The van der Waals surface area contributed by atoms with E-state index in [9.17, 15) is 13.2 Å². The van der Waals surface area contributed by atoms with Crippen molar-refractivity contribution in [1.82, 2.24) is 9.97 Å². The molecular weight excluding hydrogens is 302 g/mol. The van der Waals surface area contributed by atoms with Crippen LogP contribution in [0.4, 0.5) is 5.13 Å². The molecule has 0 fully saturated rings. The average molecular weight is 313 g/mol. The molecule has 2 aromatic rings. The van der Waals surface area contributed by atoms with Crippen LogP contribution in [-0.2, 0) is 14.9 Å². The zero-order chi connectivity index (χ0) is 14.9. The predicted octanol–water partition coefficient (Wildman–Crippen LogP) is 1.72. The quantitative estimate of drug-likeness (QED) is 0.835. The fraction of sp³-hybridized carbons (Fsp3) is 0.182. The van der Waals surface area contributed by atoms with Crippen LogP contribution in [0.5, 0.6) is 0 Å². The highest BCUT2D eigenvalue weighted by molar-refractivity contribution is 7.85. The van der Waals surface area contributed by atoms with E-state index in [1.807, 2.05) is 0 Å². The van der Waals surface area contributed by atoms with Gasteiger partial charge in [0.1, 0.15) is 0 Å². The van der Waals surface area contributed by atoms with E-state index >= 15 is 0 Å². The van der Waals surface area contributed by atoms with Gasteiger partial charge in [-0.2, -0.15) is 8.42 Å². The van der Waals surface area contributed by atoms with E-state index in [0.29, 0.717) is 21.4 Å². The van der Waals surface area contributed by atoms with Gasteiger partial charge in [-0.25, -0.2) is 9.97 Å². The zero-order valence-corrected chi connectivity index (χ0v) is 12.2. The molecule has 7 nitrogen and oxygen atoms in total. The maximum absolute atomic E-state index is 11.1. The van der Waals surface area contributed by atoms with Gasteiger partial charge in [-0.3, -0.25) is 9.35 Å². The molecule has 20 heavy (non-hydrogen) atoms. The van der Waals surface area contributed by atoms with E-state index in [1.54, 1.807) is 13.0 Å². The van der Waals surface area contributed by atoms with Gasteiger partial charge < -0.3 is 5.32 Å². The maximum atomic E-state index is 11.1. The van der Waals surface area contributed by atoms with Crippen molar-refractivity contribution in [3.8, 4) is 10.6 Å². The molecule has 0 saturated carbocycles. The van der Waals surface area contributed by atoms with Crippen LogP contribution >= 0.6 is 11.3 Å². The van der Waals surface area contributed by atoms with Crippen LogP contribution in [0.25, 0.3) is 10.6 Å². The summed E-state index contributed by atoms with van der Waals surface area (Å²) in [5.41, 5.74) is 0.977. The first-order valence-corrected chi connectivity index (χ1v) is 7.73. The van der Waals surface area contributed by atoms with Crippen LogP contribution in [0, 0.1) is 6.92 Å². The van der Waals surface area contributed by atoms with E-state index < -0.39 is 15.1 Å². The maximum Gasteiger partial charge on any atom is 0.312 e. The second-order valence-corrected chi connectivity index (χ2v) is 6.32. The first-order valence-electron chi connectivity index (χ1n) is 5.47. The van der Waals surface area contributed by atoms with Crippen LogP contribution in [0.1, 0.15) is 12.6 Å². The number of aryl methyl sites for hydroxylation is 1. The van der Waals surface area contributed by atoms with Gasteiger partial charge in [-0.05, 0) is 19.1 Å². The number of hydrogen-bond donors (Lipinski definition) is 2. The van der Waals surface area contributed by atoms with Crippen LogP contribution in [0.2, 0.25) is 0 Å². The largest absolute Gasteiger partial charge is 0.312 e. The molecule has 0 bridgehead atoms. The minimum Gasteiger partial charge on any atom is -0.302 e. The number of anilines is 1. The molecule has 106 valence electrons. The normalized spacial score (nSPS) is 11.3. The molecule has 0 aromatic carbocycles. The Morgan fingerprint density at radius 1 is 1.35 bits per heavy atom. The van der Waals surface area contributed by atoms with Gasteiger partial charge in [0.05, 0.1) is 16.3 Å². The Kier molecular flexibility index (Phi) is 3.84. The number of carbonyl (C=O) groups is 1. The molecule has 9 heteroatoms. The first kappa shape index (κ1) is 14.6. The van der Waals surface area contributed by atoms with Crippen LogP contribution in [-0.4, -0.2) is 28.8 Å². The molecule has 0 spiro atoms. The van der Waals surface area contributed by atoms with Crippen LogP contribution in [0.15, 0.2) is 23.2 Å². The van der Waals surface area contributed by atoms with Crippen molar-refractivity contribution in [3.05, 3.63) is 23.9 Å². The molecule has 2 aromatic heterocycles. The summed E-state index contributed by atoms with van der Waals surface area (Å²) in [5, 5.41) is 2.53. The monoisotopic (exact) mass is 313 g/mol. The topological polar surface area (TPSA) is 109 Å². The molecule has 2 N–H and O–H groups in total. The lowest BCUT2D eigenvalue weighted by Gasteiger charge is -2.00. The van der Waals surface area contributed by atoms with Gasteiger partial charge in [0, 0.05) is 6.92 Å². The second-order valence-electron chi connectivity index (χ2n) is 3.95. The summed E-state index contributed by atoms with van der Waals surface area (Å²) in [5.74, 6) is -0.245. The number of aromatic nitrogens is 2. The average Bonchev–Trinajstić information content (AvgIpc) is 2.68. The highest BCUT2D eigenvalue weighted by Gasteiger charge is 2.16. The molecule has 2 heterocycles. The summed E-state index contributed by atoms with van der Waals surface area (Å²) in [6, 6.07) is 4.28. The molecule has 0 aliphatic carbocycles. The number of pyridine rings is 1. The molecule has 1 amide bonds. The number of nitrogens with one attached hydrogen (secondary N) is 1. The van der Waals surface area contributed by atoms with Crippen molar-refractivity contribution in [2.75, 3.05) is 5.32 Å². The standard InChI is InChI=1S/C11H11N3O4S2/c1-6-10(19-11(12-6)13-7(2)15)8-4-3-5-9(14-8)20(16,17)18/h3-5H,1-2H3,(H,12,13,15)(H,16,17,18). The number of rotatable bonds is 3. The van der Waals surface area contributed by atoms with Gasteiger partial charge in [0.2, 0.25) is 5.91 Å². The van der Waals surface area contributed by atoms with Crippen molar-refractivity contribution >= 4 is 32.5 Å². The fourth-order valence-corrected chi connectivity index (χ4v) is 2.97. The van der Waals surface area contributed by atoms with Gasteiger partial charge in [0.15, 0.2) is 10.2 Å². The number of thiazole rings is 1.